The van der Waals surface area contributed by atoms with E-state index in [9.17, 15) is 9.59 Å². The number of methoxy groups -OCH3 is 1. The topological polar surface area (TPSA) is 113 Å². The lowest BCUT2D eigenvalue weighted by atomic mass is 9.97. The molecule has 0 spiro atoms. The summed E-state index contributed by atoms with van der Waals surface area (Å²) in [6.45, 7) is 7.43. The first-order valence-electron chi connectivity index (χ1n) is 13.6. The molecule has 9 nitrogen and oxygen atoms in total. The Labute approximate surface area is 238 Å². The molecule has 0 radical (unpaired) electrons. The van der Waals surface area contributed by atoms with Gasteiger partial charge in [0.15, 0.2) is 11.5 Å². The number of carbonyl (C=O) groups is 1. The van der Waals surface area contributed by atoms with Crippen LogP contribution in [0.5, 0.6) is 11.5 Å². The van der Waals surface area contributed by atoms with E-state index in [-0.39, 0.29) is 18.8 Å². The van der Waals surface area contributed by atoms with Crippen molar-refractivity contribution in [2.75, 3.05) is 13.7 Å². The number of nitrogens with one attached hydrogen (secondary N) is 1. The van der Waals surface area contributed by atoms with Crippen LogP contribution in [0.25, 0.3) is 11.3 Å². The van der Waals surface area contributed by atoms with Crippen LogP contribution >= 0.6 is 0 Å². The van der Waals surface area contributed by atoms with Gasteiger partial charge in [0.05, 0.1) is 18.5 Å². The number of amides is 2. The van der Waals surface area contributed by atoms with Gasteiger partial charge in [-0.3, -0.25) is 9.13 Å². The summed E-state index contributed by atoms with van der Waals surface area (Å²) in [5, 5.41) is 2.58. The Morgan fingerprint density at radius 2 is 1.76 bits per heavy atom. The lowest BCUT2D eigenvalue weighted by Crippen LogP contribution is -2.44. The number of nitrogens with two attached hydrogens (primary N) is 1. The second-order valence-electron chi connectivity index (χ2n) is 10.3. The summed E-state index contributed by atoms with van der Waals surface area (Å²) >= 11 is 0. The predicted octanol–water partition coefficient (Wildman–Crippen LogP) is 4.29. The number of primary amides is 1. The van der Waals surface area contributed by atoms with Crippen LogP contribution in [0, 0.1) is 20.8 Å². The highest BCUT2D eigenvalue weighted by Crippen LogP contribution is 2.38. The highest BCUT2D eigenvalue weighted by Gasteiger charge is 2.23. The summed E-state index contributed by atoms with van der Waals surface area (Å²) in [5.41, 5.74) is 13.4. The predicted molar refractivity (Wildman–Crippen MR) is 159 cm³/mol. The minimum absolute atomic E-state index is 0.204. The molecule has 0 fully saturated rings. The van der Waals surface area contributed by atoms with E-state index in [1.807, 2.05) is 69.3 Å². The monoisotopic (exact) mass is 553 g/mol. The van der Waals surface area contributed by atoms with Crippen LogP contribution in [0.3, 0.4) is 0 Å². The fraction of sp³-hybridized carbons (Fsp3) is 0.281. The van der Waals surface area contributed by atoms with Crippen molar-refractivity contribution < 1.29 is 14.3 Å². The molecule has 0 unspecified atom stereocenters. The minimum atomic E-state index is -0.640. The molecule has 0 saturated carbocycles. The summed E-state index contributed by atoms with van der Waals surface area (Å²) < 4.78 is 15.2. The first-order valence-corrected chi connectivity index (χ1v) is 13.6. The first-order chi connectivity index (χ1) is 19.7. The fourth-order valence-corrected chi connectivity index (χ4v) is 5.41. The molecule has 3 N–H and O–H groups in total. The molecular weight excluding hydrogens is 518 g/mol. The number of urea groups is 1. The quantitative estimate of drug-likeness (QED) is 0.339. The van der Waals surface area contributed by atoms with Gasteiger partial charge in [-0.2, -0.15) is 0 Å². The van der Waals surface area contributed by atoms with E-state index in [2.05, 4.69) is 17.4 Å². The van der Waals surface area contributed by atoms with Crippen LogP contribution in [0.4, 0.5) is 10.5 Å². The number of aromatic nitrogens is 2. The highest BCUT2D eigenvalue weighted by atomic mass is 16.5. The van der Waals surface area contributed by atoms with Gasteiger partial charge in [-0.25, -0.2) is 14.6 Å². The summed E-state index contributed by atoms with van der Waals surface area (Å²) in [6.07, 6.45) is 0.653. The van der Waals surface area contributed by atoms with Crippen LogP contribution in [0.15, 0.2) is 70.5 Å². The zero-order valence-electron chi connectivity index (χ0n) is 23.9. The number of aryl methyl sites for hydroxylation is 4. The molecule has 1 aliphatic heterocycles. The molecule has 1 aromatic heterocycles. The van der Waals surface area contributed by atoms with Crippen molar-refractivity contribution in [3.8, 4) is 22.8 Å². The maximum absolute atomic E-state index is 13.9. The molecule has 0 saturated heterocycles. The maximum atomic E-state index is 13.9. The van der Waals surface area contributed by atoms with E-state index in [0.29, 0.717) is 36.6 Å². The van der Waals surface area contributed by atoms with Crippen LogP contribution in [0.1, 0.15) is 27.8 Å². The molecule has 9 heteroatoms. The third-order valence-corrected chi connectivity index (χ3v) is 7.30. The number of hydrogen-bond donors (Lipinski definition) is 2. The summed E-state index contributed by atoms with van der Waals surface area (Å²) in [4.78, 5) is 30.2. The van der Waals surface area contributed by atoms with Gasteiger partial charge in [-0.15, -0.1) is 0 Å². The van der Waals surface area contributed by atoms with Gasteiger partial charge < -0.3 is 20.5 Å². The largest absolute Gasteiger partial charge is 0.493 e. The van der Waals surface area contributed by atoms with Crippen molar-refractivity contribution in [2.24, 2.45) is 10.7 Å². The van der Waals surface area contributed by atoms with Gasteiger partial charge in [0.25, 0.3) is 0 Å². The van der Waals surface area contributed by atoms with Crippen LogP contribution in [0.2, 0.25) is 0 Å². The molecule has 5 rings (SSSR count). The molecule has 0 atom stereocenters. The van der Waals surface area contributed by atoms with Crippen LogP contribution in [-0.2, 0) is 26.1 Å². The van der Waals surface area contributed by atoms with Crippen molar-refractivity contribution in [2.45, 2.75) is 46.9 Å². The zero-order chi connectivity index (χ0) is 29.1. The number of rotatable bonds is 8. The number of nitrogens with zero attached hydrogens (tertiary/aromatic N) is 3. The molecule has 1 aliphatic rings. The van der Waals surface area contributed by atoms with Gasteiger partial charge in [0.2, 0.25) is 0 Å². The molecule has 3 aromatic carbocycles. The second kappa shape index (κ2) is 11.8. The van der Waals surface area contributed by atoms with Crippen molar-refractivity contribution in [3.05, 3.63) is 104 Å². The molecular formula is C32H35N5O4. The van der Waals surface area contributed by atoms with Gasteiger partial charge in [-0.1, -0.05) is 48.0 Å². The van der Waals surface area contributed by atoms with E-state index >= 15 is 0 Å². The molecule has 2 amide bonds. The van der Waals surface area contributed by atoms with Crippen LogP contribution < -0.4 is 31.7 Å². The summed E-state index contributed by atoms with van der Waals surface area (Å²) in [7, 11) is 1.61. The number of ether oxygens (including phenoxy) is 2. The van der Waals surface area contributed by atoms with E-state index in [0.717, 1.165) is 44.8 Å². The van der Waals surface area contributed by atoms with Crippen LogP contribution in [-0.4, -0.2) is 28.8 Å². The van der Waals surface area contributed by atoms with Gasteiger partial charge >= 0.3 is 11.7 Å². The van der Waals surface area contributed by atoms with Crippen molar-refractivity contribution in [3.63, 3.8) is 0 Å². The number of carbonyl (C=O) groups excluding carboxylic acids is 1. The van der Waals surface area contributed by atoms with Gasteiger partial charge in [-0.05, 0) is 61.6 Å². The Kier molecular flexibility index (Phi) is 7.96. The molecule has 4 aromatic rings. The number of fused-ring (bicyclic) bond motifs is 3. The average Bonchev–Trinajstić information content (AvgIpc) is 2.95. The van der Waals surface area contributed by atoms with E-state index in [4.69, 9.17) is 20.2 Å². The van der Waals surface area contributed by atoms with Crippen molar-refractivity contribution >= 4 is 11.7 Å². The Balaban J connectivity index is 1.63. The second-order valence-corrected chi connectivity index (χ2v) is 10.3. The molecule has 212 valence electrons. The number of benzene rings is 3. The smallest absolute Gasteiger partial charge is 0.330 e. The average molecular weight is 554 g/mol. The fourth-order valence-electron chi connectivity index (χ4n) is 5.41. The molecule has 41 heavy (non-hydrogen) atoms. The Morgan fingerprint density at radius 3 is 2.44 bits per heavy atom. The van der Waals surface area contributed by atoms with Crippen molar-refractivity contribution in [1.29, 1.82) is 0 Å². The Morgan fingerprint density at radius 1 is 1.02 bits per heavy atom. The summed E-state index contributed by atoms with van der Waals surface area (Å²) in [5.74, 6) is 1.25. The van der Waals surface area contributed by atoms with E-state index in [1.54, 1.807) is 16.2 Å². The first kappa shape index (κ1) is 27.8. The zero-order valence-corrected chi connectivity index (χ0v) is 23.9. The molecule has 0 aliphatic carbocycles. The Bertz CT molecular complexity index is 1710. The third-order valence-electron chi connectivity index (χ3n) is 7.30. The Hall–Kier alpha value is -4.79. The van der Waals surface area contributed by atoms with Crippen molar-refractivity contribution in [1.82, 2.24) is 14.5 Å². The number of hydrogen-bond acceptors (Lipinski definition) is 5. The van der Waals surface area contributed by atoms with Gasteiger partial charge in [0, 0.05) is 31.3 Å². The lowest BCUT2D eigenvalue weighted by molar-refractivity contribution is 0.248. The maximum Gasteiger partial charge on any atom is 0.330 e. The summed E-state index contributed by atoms with van der Waals surface area (Å²) in [6, 6.07) is 19.4. The van der Waals surface area contributed by atoms with E-state index < -0.39 is 6.03 Å². The highest BCUT2D eigenvalue weighted by molar-refractivity contribution is 5.71. The SMILES string of the molecule is COc1cc2c(cc1OCc1ccccc1)CCn1c-2cc(=Nc2c(C)cc(C)cc2C)n(CCNC(N)=O)c1=O. The van der Waals surface area contributed by atoms with Gasteiger partial charge in [0.1, 0.15) is 12.1 Å². The van der Waals surface area contributed by atoms with E-state index in [1.165, 1.54) is 0 Å². The molecule has 0 bridgehead atoms. The standard InChI is InChI=1S/C32H35N5O4/c1-20-14-21(2)30(22(3)15-20)35-29-18-26-25-17-27(40-4)28(41-19-23-8-6-5-7-9-23)16-24(25)10-12-36(26)32(39)37(29)13-11-34-31(33)38/h5-9,14-18H,10-13,19H2,1-4H3,(H3,33,34,38). The molecule has 2 heterocycles. The lowest BCUT2D eigenvalue weighted by Gasteiger charge is -2.25. The normalized spacial score (nSPS) is 12.4. The minimum Gasteiger partial charge on any atom is -0.493 e. The third kappa shape index (κ3) is 5.89.